The van der Waals surface area contributed by atoms with Gasteiger partial charge in [0.1, 0.15) is 0 Å². The van der Waals surface area contributed by atoms with Gasteiger partial charge in [-0.15, -0.1) is 0 Å². The summed E-state index contributed by atoms with van der Waals surface area (Å²) in [5, 5.41) is 0. The summed E-state index contributed by atoms with van der Waals surface area (Å²) in [6, 6.07) is 8.26. The average molecular weight is 273 g/mol. The molecule has 20 heavy (non-hydrogen) atoms. The van der Waals surface area contributed by atoms with Crippen molar-refractivity contribution >= 4 is 17.3 Å². The minimum Gasteiger partial charge on any atom is -0.367 e. The van der Waals surface area contributed by atoms with Gasteiger partial charge in [0, 0.05) is 33.1 Å². The number of fused-ring (bicyclic) bond motifs is 1. The fourth-order valence-corrected chi connectivity index (χ4v) is 3.25. The molecule has 0 bridgehead atoms. The molecule has 4 heteroatoms. The van der Waals surface area contributed by atoms with Gasteiger partial charge in [-0.2, -0.15) is 0 Å². The molecule has 0 radical (unpaired) electrons. The Kier molecular flexibility index (Phi) is 3.92. The van der Waals surface area contributed by atoms with E-state index >= 15 is 0 Å². The van der Waals surface area contributed by atoms with Crippen molar-refractivity contribution in [2.24, 2.45) is 0 Å². The third-order valence-electron chi connectivity index (χ3n) is 4.37. The molecule has 0 atom stereocenters. The van der Waals surface area contributed by atoms with Crippen LogP contribution in [0, 0.1) is 0 Å². The number of anilines is 2. The molecule has 4 nitrogen and oxygen atoms in total. The lowest BCUT2D eigenvalue weighted by molar-refractivity contribution is -0.116. The van der Waals surface area contributed by atoms with Crippen LogP contribution in [0.2, 0.25) is 0 Å². The number of hydrogen-bond donors (Lipinski definition) is 0. The van der Waals surface area contributed by atoms with Crippen molar-refractivity contribution in [3.8, 4) is 0 Å². The molecular weight excluding hydrogens is 250 g/mol. The third-order valence-corrected chi connectivity index (χ3v) is 4.37. The molecular formula is C16H23N3O. The molecule has 1 aromatic carbocycles. The van der Waals surface area contributed by atoms with Gasteiger partial charge in [-0.25, -0.2) is 0 Å². The molecule has 2 aliphatic rings. The first-order valence-electron chi connectivity index (χ1n) is 7.60. The van der Waals surface area contributed by atoms with Crippen LogP contribution in [0.4, 0.5) is 11.4 Å². The summed E-state index contributed by atoms with van der Waals surface area (Å²) in [5.74, 6) is 0.136. The Morgan fingerprint density at radius 1 is 1.00 bits per heavy atom. The van der Waals surface area contributed by atoms with Crippen molar-refractivity contribution in [1.29, 1.82) is 0 Å². The highest BCUT2D eigenvalue weighted by atomic mass is 16.2. The van der Waals surface area contributed by atoms with Gasteiger partial charge in [-0.3, -0.25) is 4.79 Å². The van der Waals surface area contributed by atoms with E-state index in [1.807, 2.05) is 11.0 Å². The minimum absolute atomic E-state index is 0.136. The van der Waals surface area contributed by atoms with Crippen LogP contribution >= 0.6 is 0 Å². The summed E-state index contributed by atoms with van der Waals surface area (Å²) in [4.78, 5) is 18.6. The standard InChI is InChI=1S/C16H23N3O/c1-14(20)19-13-12-18(11-10-17-8-4-5-9-17)15-6-2-3-7-16(15)19/h2-3,6-7H,4-5,8-13H2,1H3. The Bertz CT molecular complexity index is 482. The number of hydrogen-bond acceptors (Lipinski definition) is 3. The number of rotatable bonds is 3. The Hall–Kier alpha value is -1.55. The van der Waals surface area contributed by atoms with Gasteiger partial charge in [-0.1, -0.05) is 12.1 Å². The maximum absolute atomic E-state index is 11.7. The van der Waals surface area contributed by atoms with Crippen LogP contribution in [0.15, 0.2) is 24.3 Å². The van der Waals surface area contributed by atoms with Gasteiger partial charge in [0.2, 0.25) is 5.91 Å². The summed E-state index contributed by atoms with van der Waals surface area (Å²) in [6.07, 6.45) is 2.68. The van der Waals surface area contributed by atoms with Gasteiger partial charge in [0.15, 0.2) is 0 Å². The number of carbonyl (C=O) groups is 1. The predicted octanol–water partition coefficient (Wildman–Crippen LogP) is 1.96. The number of benzene rings is 1. The number of carbonyl (C=O) groups excluding carboxylic acids is 1. The van der Waals surface area contributed by atoms with Crippen LogP contribution in [-0.2, 0) is 4.79 Å². The maximum Gasteiger partial charge on any atom is 0.223 e. The van der Waals surface area contributed by atoms with Crippen molar-refractivity contribution < 1.29 is 4.79 Å². The van der Waals surface area contributed by atoms with E-state index in [0.29, 0.717) is 0 Å². The van der Waals surface area contributed by atoms with E-state index in [2.05, 4.69) is 28.0 Å². The van der Waals surface area contributed by atoms with Gasteiger partial charge in [0.05, 0.1) is 11.4 Å². The molecule has 1 fully saturated rings. The summed E-state index contributed by atoms with van der Waals surface area (Å²) in [7, 11) is 0. The highest BCUT2D eigenvalue weighted by Crippen LogP contribution is 2.32. The summed E-state index contributed by atoms with van der Waals surface area (Å²) in [5.41, 5.74) is 2.26. The monoisotopic (exact) mass is 273 g/mol. The number of amides is 1. The Morgan fingerprint density at radius 3 is 2.40 bits per heavy atom. The van der Waals surface area contributed by atoms with Gasteiger partial charge in [-0.05, 0) is 38.1 Å². The first-order valence-corrected chi connectivity index (χ1v) is 7.60. The van der Waals surface area contributed by atoms with Crippen molar-refractivity contribution in [1.82, 2.24) is 4.90 Å². The van der Waals surface area contributed by atoms with Crippen molar-refractivity contribution in [2.75, 3.05) is 49.1 Å². The molecule has 1 amide bonds. The third kappa shape index (κ3) is 2.66. The number of para-hydroxylation sites is 2. The van der Waals surface area contributed by atoms with E-state index in [9.17, 15) is 4.79 Å². The minimum atomic E-state index is 0.136. The summed E-state index contributed by atoms with van der Waals surface area (Å²) < 4.78 is 0. The van der Waals surface area contributed by atoms with Crippen LogP contribution in [0.3, 0.4) is 0 Å². The van der Waals surface area contributed by atoms with Crippen molar-refractivity contribution in [3.05, 3.63) is 24.3 Å². The second-order valence-electron chi connectivity index (χ2n) is 5.70. The van der Waals surface area contributed by atoms with Crippen molar-refractivity contribution in [3.63, 3.8) is 0 Å². The molecule has 3 rings (SSSR count). The predicted molar refractivity (Wildman–Crippen MR) is 82.4 cm³/mol. The van der Waals surface area contributed by atoms with Gasteiger partial charge >= 0.3 is 0 Å². The number of likely N-dealkylation sites (tertiary alicyclic amines) is 1. The van der Waals surface area contributed by atoms with Crippen LogP contribution < -0.4 is 9.80 Å². The zero-order chi connectivity index (χ0) is 13.9. The normalized spacial score (nSPS) is 19.2. The SMILES string of the molecule is CC(=O)N1CCN(CCN2CCCC2)c2ccccc21. The topological polar surface area (TPSA) is 26.8 Å². The zero-order valence-corrected chi connectivity index (χ0v) is 12.2. The van der Waals surface area contributed by atoms with E-state index in [4.69, 9.17) is 0 Å². The molecule has 0 unspecified atom stereocenters. The second-order valence-corrected chi connectivity index (χ2v) is 5.70. The lowest BCUT2D eigenvalue weighted by atomic mass is 10.1. The quantitative estimate of drug-likeness (QED) is 0.842. The molecule has 0 saturated carbocycles. The Labute approximate surface area is 121 Å². The molecule has 0 N–H and O–H groups in total. The van der Waals surface area contributed by atoms with Gasteiger partial charge < -0.3 is 14.7 Å². The van der Waals surface area contributed by atoms with Crippen LogP contribution in [-0.4, -0.2) is 50.1 Å². The fourth-order valence-electron chi connectivity index (χ4n) is 3.25. The van der Waals surface area contributed by atoms with E-state index in [1.54, 1.807) is 6.92 Å². The van der Waals surface area contributed by atoms with E-state index in [1.165, 1.54) is 31.6 Å². The fraction of sp³-hybridized carbons (Fsp3) is 0.562. The summed E-state index contributed by atoms with van der Waals surface area (Å²) in [6.45, 7) is 8.06. The number of nitrogens with zero attached hydrogens (tertiary/aromatic N) is 3. The lowest BCUT2D eigenvalue weighted by Gasteiger charge is -2.38. The van der Waals surface area contributed by atoms with Crippen LogP contribution in [0.1, 0.15) is 19.8 Å². The van der Waals surface area contributed by atoms with E-state index in [-0.39, 0.29) is 5.91 Å². The first kappa shape index (κ1) is 13.4. The highest BCUT2D eigenvalue weighted by Gasteiger charge is 2.24. The maximum atomic E-state index is 11.7. The molecule has 1 saturated heterocycles. The van der Waals surface area contributed by atoms with E-state index < -0.39 is 0 Å². The molecule has 0 aromatic heterocycles. The van der Waals surface area contributed by atoms with Crippen LogP contribution in [0.25, 0.3) is 0 Å². The molecule has 108 valence electrons. The second kappa shape index (κ2) is 5.83. The van der Waals surface area contributed by atoms with Crippen molar-refractivity contribution in [2.45, 2.75) is 19.8 Å². The molecule has 0 aliphatic carbocycles. The molecule has 2 heterocycles. The average Bonchev–Trinajstić information content (AvgIpc) is 2.97. The summed E-state index contributed by atoms with van der Waals surface area (Å²) >= 11 is 0. The van der Waals surface area contributed by atoms with E-state index in [0.717, 1.165) is 31.9 Å². The largest absolute Gasteiger partial charge is 0.367 e. The Balaban J connectivity index is 1.72. The molecule has 0 spiro atoms. The lowest BCUT2D eigenvalue weighted by Crippen LogP contribution is -2.45. The Morgan fingerprint density at radius 2 is 1.70 bits per heavy atom. The first-order chi connectivity index (χ1) is 9.75. The smallest absolute Gasteiger partial charge is 0.223 e. The highest BCUT2D eigenvalue weighted by molar-refractivity contribution is 5.96. The zero-order valence-electron chi connectivity index (χ0n) is 12.2. The van der Waals surface area contributed by atoms with Gasteiger partial charge in [0.25, 0.3) is 0 Å². The molecule has 1 aromatic rings. The van der Waals surface area contributed by atoms with Crippen LogP contribution in [0.5, 0.6) is 0 Å². The molecule has 2 aliphatic heterocycles.